The Bertz CT molecular complexity index is 1190. The molecule has 0 spiro atoms. The van der Waals surface area contributed by atoms with Crippen LogP contribution in [0.1, 0.15) is 12.1 Å². The molecule has 1 aliphatic rings. The van der Waals surface area contributed by atoms with E-state index < -0.39 is 23.6 Å². The number of alkyl halides is 3. The number of hydrogen-bond acceptors (Lipinski definition) is 7. The van der Waals surface area contributed by atoms with Crippen molar-refractivity contribution in [3.8, 4) is 28.5 Å². The van der Waals surface area contributed by atoms with Gasteiger partial charge in [-0.3, -0.25) is 0 Å². The maximum Gasteiger partial charge on any atom is 0.491 e. The molecule has 3 N–H and O–H groups in total. The molecular formula is C21H16F3N3O4. The highest BCUT2D eigenvalue weighted by atomic mass is 19.4. The molecule has 160 valence electrons. The standard InChI is InChI=1S/C21H16F3N3O4/c22-21(23,24)20(30)31-19-14-10-13(28)2-1-12(14)9-15(18(19)29)17-4-3-16(26-27-17)11-5-7-25-8-6-11/h1-5,9-10,25,28-29H,6-8H2. The van der Waals surface area contributed by atoms with E-state index in [9.17, 15) is 28.2 Å². The Morgan fingerprint density at radius 3 is 2.45 bits per heavy atom. The molecule has 3 aromatic rings. The van der Waals surface area contributed by atoms with E-state index in [0.717, 1.165) is 24.6 Å². The maximum atomic E-state index is 12.8. The molecule has 10 heteroatoms. The molecule has 0 atom stereocenters. The van der Waals surface area contributed by atoms with Gasteiger partial charge in [0.1, 0.15) is 5.75 Å². The molecule has 7 nitrogen and oxygen atoms in total. The largest absolute Gasteiger partial charge is 0.508 e. The predicted octanol–water partition coefficient (Wildman–Crippen LogP) is 3.55. The average molecular weight is 431 g/mol. The summed E-state index contributed by atoms with van der Waals surface area (Å²) in [4.78, 5) is 11.4. The van der Waals surface area contributed by atoms with Crippen LogP contribution in [0, 0.1) is 0 Å². The predicted molar refractivity (Wildman–Crippen MR) is 105 cm³/mol. The summed E-state index contributed by atoms with van der Waals surface area (Å²) >= 11 is 0. The Morgan fingerprint density at radius 1 is 1.06 bits per heavy atom. The molecule has 0 fully saturated rings. The van der Waals surface area contributed by atoms with E-state index in [2.05, 4.69) is 20.3 Å². The lowest BCUT2D eigenvalue weighted by Gasteiger charge is -2.15. The number of halogens is 3. The lowest BCUT2D eigenvalue weighted by molar-refractivity contribution is -0.189. The summed E-state index contributed by atoms with van der Waals surface area (Å²) < 4.78 is 42.7. The van der Waals surface area contributed by atoms with Crippen LogP contribution in [0.5, 0.6) is 17.2 Å². The van der Waals surface area contributed by atoms with Gasteiger partial charge in [-0.15, -0.1) is 5.10 Å². The van der Waals surface area contributed by atoms with E-state index in [4.69, 9.17) is 0 Å². The second kappa shape index (κ2) is 7.88. The minimum Gasteiger partial charge on any atom is -0.508 e. The summed E-state index contributed by atoms with van der Waals surface area (Å²) in [5.74, 6) is -4.22. The molecule has 0 amide bonds. The molecule has 4 rings (SSSR count). The van der Waals surface area contributed by atoms with Crippen LogP contribution in [-0.2, 0) is 4.79 Å². The van der Waals surface area contributed by atoms with Crippen molar-refractivity contribution in [1.82, 2.24) is 15.5 Å². The van der Waals surface area contributed by atoms with Gasteiger partial charge < -0.3 is 20.3 Å². The van der Waals surface area contributed by atoms with Crippen molar-refractivity contribution in [2.24, 2.45) is 0 Å². The Morgan fingerprint density at radius 2 is 1.81 bits per heavy atom. The summed E-state index contributed by atoms with van der Waals surface area (Å²) in [5, 5.41) is 32.0. The van der Waals surface area contributed by atoms with Crippen molar-refractivity contribution in [2.75, 3.05) is 13.1 Å². The number of carbonyl (C=O) groups excluding carboxylic acids is 1. The molecule has 0 saturated carbocycles. The number of fused-ring (bicyclic) bond motifs is 1. The van der Waals surface area contributed by atoms with Gasteiger partial charge in [0.15, 0.2) is 11.5 Å². The van der Waals surface area contributed by atoms with Crippen LogP contribution < -0.4 is 10.1 Å². The van der Waals surface area contributed by atoms with E-state index in [-0.39, 0.29) is 22.4 Å². The lowest BCUT2D eigenvalue weighted by atomic mass is 10.0. The quantitative estimate of drug-likeness (QED) is 0.430. The van der Waals surface area contributed by atoms with Gasteiger partial charge in [0.2, 0.25) is 0 Å². The zero-order chi connectivity index (χ0) is 22.2. The molecule has 0 saturated heterocycles. The second-order valence-corrected chi connectivity index (χ2v) is 6.88. The van der Waals surface area contributed by atoms with Crippen molar-refractivity contribution in [2.45, 2.75) is 12.6 Å². The highest BCUT2D eigenvalue weighted by molar-refractivity contribution is 5.99. The molecular weight excluding hydrogens is 415 g/mol. The Labute approximate surface area is 173 Å². The number of rotatable bonds is 3. The Balaban J connectivity index is 1.81. The lowest BCUT2D eigenvalue weighted by Crippen LogP contribution is -2.28. The number of ether oxygens (including phenoxy) is 1. The number of nitrogens with zero attached hydrogens (tertiary/aromatic N) is 2. The van der Waals surface area contributed by atoms with E-state index in [1.165, 1.54) is 18.2 Å². The van der Waals surface area contributed by atoms with Gasteiger partial charge in [0.25, 0.3) is 0 Å². The van der Waals surface area contributed by atoms with Crippen molar-refractivity contribution in [3.05, 3.63) is 48.2 Å². The number of phenolic OH excluding ortho intramolecular Hbond substituents is 2. The molecule has 1 aliphatic heterocycles. The van der Waals surface area contributed by atoms with Crippen molar-refractivity contribution < 1.29 is 32.9 Å². The van der Waals surface area contributed by atoms with E-state index in [0.29, 0.717) is 17.6 Å². The number of carbonyl (C=O) groups is 1. The van der Waals surface area contributed by atoms with Crippen LogP contribution in [0.3, 0.4) is 0 Å². The first-order valence-electron chi connectivity index (χ1n) is 9.26. The van der Waals surface area contributed by atoms with Crippen LogP contribution in [0.4, 0.5) is 13.2 Å². The number of aromatic nitrogens is 2. The van der Waals surface area contributed by atoms with Gasteiger partial charge in [0.05, 0.1) is 11.4 Å². The van der Waals surface area contributed by atoms with Crippen LogP contribution >= 0.6 is 0 Å². The zero-order valence-electron chi connectivity index (χ0n) is 15.9. The summed E-state index contributed by atoms with van der Waals surface area (Å²) in [6, 6.07) is 8.55. The monoisotopic (exact) mass is 431 g/mol. The first-order chi connectivity index (χ1) is 14.7. The van der Waals surface area contributed by atoms with Gasteiger partial charge in [-0.25, -0.2) is 4.79 Å². The van der Waals surface area contributed by atoms with E-state index >= 15 is 0 Å². The highest BCUT2D eigenvalue weighted by Gasteiger charge is 2.42. The Kier molecular flexibility index (Phi) is 5.24. The number of benzene rings is 2. The fourth-order valence-electron chi connectivity index (χ4n) is 3.29. The smallest absolute Gasteiger partial charge is 0.491 e. The van der Waals surface area contributed by atoms with Gasteiger partial charge in [-0.05, 0) is 54.3 Å². The molecule has 2 aromatic carbocycles. The van der Waals surface area contributed by atoms with Gasteiger partial charge in [-0.1, -0.05) is 12.1 Å². The zero-order valence-corrected chi connectivity index (χ0v) is 15.9. The number of phenols is 2. The van der Waals surface area contributed by atoms with E-state index in [1.807, 2.05) is 6.08 Å². The maximum absolute atomic E-state index is 12.8. The minimum atomic E-state index is -5.27. The van der Waals surface area contributed by atoms with Crippen LogP contribution in [0.2, 0.25) is 0 Å². The third kappa shape index (κ3) is 4.15. The first kappa shape index (κ1) is 20.6. The van der Waals surface area contributed by atoms with Crippen LogP contribution in [0.25, 0.3) is 27.6 Å². The Hall–Kier alpha value is -3.66. The molecule has 0 unspecified atom stereocenters. The second-order valence-electron chi connectivity index (χ2n) is 6.88. The van der Waals surface area contributed by atoms with Crippen molar-refractivity contribution in [3.63, 3.8) is 0 Å². The van der Waals surface area contributed by atoms with Gasteiger partial charge >= 0.3 is 12.1 Å². The average Bonchev–Trinajstić information content (AvgIpc) is 2.75. The van der Waals surface area contributed by atoms with Crippen molar-refractivity contribution >= 4 is 22.3 Å². The van der Waals surface area contributed by atoms with Crippen molar-refractivity contribution in [1.29, 1.82) is 0 Å². The summed E-state index contributed by atoms with van der Waals surface area (Å²) in [6.45, 7) is 1.52. The number of aromatic hydroxyl groups is 2. The first-order valence-corrected chi connectivity index (χ1v) is 9.26. The fourth-order valence-corrected chi connectivity index (χ4v) is 3.29. The number of esters is 1. The summed E-state index contributed by atoms with van der Waals surface area (Å²) in [5.41, 5.74) is 1.87. The minimum absolute atomic E-state index is 0.0292. The molecule has 1 aromatic heterocycles. The topological polar surface area (TPSA) is 105 Å². The SMILES string of the molecule is O=C(Oc1c(O)c(-c2ccc(C3=CCNCC3)nn2)cc2ccc(O)cc12)C(F)(F)F. The number of hydrogen-bond donors (Lipinski definition) is 3. The number of nitrogens with one attached hydrogen (secondary N) is 1. The molecule has 31 heavy (non-hydrogen) atoms. The molecule has 2 heterocycles. The molecule has 0 bridgehead atoms. The highest BCUT2D eigenvalue weighted by Crippen LogP contribution is 2.44. The van der Waals surface area contributed by atoms with Gasteiger partial charge in [-0.2, -0.15) is 18.3 Å². The summed E-state index contributed by atoms with van der Waals surface area (Å²) in [6.07, 6.45) is -2.51. The van der Waals surface area contributed by atoms with Crippen LogP contribution in [0.15, 0.2) is 42.5 Å². The molecule has 0 radical (unpaired) electrons. The third-order valence-electron chi connectivity index (χ3n) is 4.81. The van der Waals surface area contributed by atoms with Crippen LogP contribution in [-0.4, -0.2) is 45.6 Å². The summed E-state index contributed by atoms with van der Waals surface area (Å²) in [7, 11) is 0. The van der Waals surface area contributed by atoms with E-state index in [1.54, 1.807) is 12.1 Å². The normalized spacial score (nSPS) is 14.4. The fraction of sp³-hybridized carbons (Fsp3) is 0.190. The third-order valence-corrected chi connectivity index (χ3v) is 4.81. The molecule has 0 aliphatic carbocycles. The van der Waals surface area contributed by atoms with Gasteiger partial charge in [0, 0.05) is 17.5 Å².